The second-order valence-corrected chi connectivity index (χ2v) is 6.00. The second kappa shape index (κ2) is 5.42. The van der Waals surface area contributed by atoms with E-state index in [1.807, 2.05) is 12.1 Å². The molecule has 0 aromatic heterocycles. The van der Waals surface area contributed by atoms with Crippen molar-refractivity contribution in [3.8, 4) is 0 Å². The fraction of sp³-hybridized carbons (Fsp3) is 0.538. The molecule has 3 heteroatoms. The van der Waals surface area contributed by atoms with Crippen LogP contribution in [0.5, 0.6) is 0 Å². The van der Waals surface area contributed by atoms with Gasteiger partial charge in [0, 0.05) is 16.2 Å². The summed E-state index contributed by atoms with van der Waals surface area (Å²) in [6.45, 7) is 2.34. The fourth-order valence-electron chi connectivity index (χ4n) is 2.39. The number of rotatable bonds is 2. The normalized spacial score (nSPS) is 25.4. The van der Waals surface area contributed by atoms with Crippen molar-refractivity contribution in [1.82, 2.24) is 0 Å². The highest BCUT2D eigenvalue weighted by molar-refractivity contribution is 9.10. The lowest BCUT2D eigenvalue weighted by atomic mass is 9.87. The Kier molecular flexibility index (Phi) is 4.15. The molecule has 0 aliphatic heterocycles. The summed E-state index contributed by atoms with van der Waals surface area (Å²) < 4.78 is 0.955. The summed E-state index contributed by atoms with van der Waals surface area (Å²) in [5.41, 5.74) is 1.13. The van der Waals surface area contributed by atoms with E-state index < -0.39 is 0 Å². The predicted octanol–water partition coefficient (Wildman–Crippen LogP) is 5.09. The van der Waals surface area contributed by atoms with Gasteiger partial charge in [0.05, 0.1) is 5.02 Å². The molecule has 1 aromatic carbocycles. The summed E-state index contributed by atoms with van der Waals surface area (Å²) >= 11 is 9.48. The second-order valence-electron chi connectivity index (χ2n) is 4.74. The van der Waals surface area contributed by atoms with Gasteiger partial charge in [-0.3, -0.25) is 0 Å². The maximum atomic E-state index is 6.07. The molecule has 1 aliphatic carbocycles. The third-order valence-corrected chi connectivity index (χ3v) is 4.46. The summed E-state index contributed by atoms with van der Waals surface area (Å²) in [6, 6.07) is 6.68. The molecule has 1 fully saturated rings. The molecular weight excluding hydrogens is 286 g/mol. The van der Waals surface area contributed by atoms with Crippen molar-refractivity contribution in [1.29, 1.82) is 0 Å². The van der Waals surface area contributed by atoms with Crippen LogP contribution in [0.1, 0.15) is 32.6 Å². The first-order valence-electron chi connectivity index (χ1n) is 5.87. The molecule has 1 saturated carbocycles. The summed E-state index contributed by atoms with van der Waals surface area (Å²) in [5.74, 6) is 0.845. The highest BCUT2D eigenvalue weighted by Gasteiger charge is 2.18. The van der Waals surface area contributed by atoms with E-state index in [0.29, 0.717) is 6.04 Å². The fourth-order valence-corrected chi connectivity index (χ4v) is 2.81. The number of halogens is 2. The van der Waals surface area contributed by atoms with Crippen LogP contribution in [0.3, 0.4) is 0 Å². The summed E-state index contributed by atoms with van der Waals surface area (Å²) in [7, 11) is 0. The lowest BCUT2D eigenvalue weighted by molar-refractivity contribution is 0.358. The van der Waals surface area contributed by atoms with Crippen LogP contribution in [0.15, 0.2) is 22.7 Å². The van der Waals surface area contributed by atoms with Crippen LogP contribution >= 0.6 is 27.5 Å². The number of nitrogens with one attached hydrogen (secondary N) is 1. The highest BCUT2D eigenvalue weighted by atomic mass is 79.9. The van der Waals surface area contributed by atoms with Crippen LogP contribution < -0.4 is 5.32 Å². The Labute approximate surface area is 111 Å². The van der Waals surface area contributed by atoms with Crippen LogP contribution in [0.25, 0.3) is 0 Å². The molecule has 0 amide bonds. The monoisotopic (exact) mass is 301 g/mol. The zero-order chi connectivity index (χ0) is 11.5. The van der Waals surface area contributed by atoms with Crippen molar-refractivity contribution >= 4 is 33.2 Å². The Hall–Kier alpha value is -0.210. The first-order chi connectivity index (χ1) is 7.65. The minimum absolute atomic E-state index is 0.612. The van der Waals surface area contributed by atoms with Gasteiger partial charge in [-0.1, -0.05) is 31.4 Å². The number of hydrogen-bond acceptors (Lipinski definition) is 1. The van der Waals surface area contributed by atoms with E-state index in [1.54, 1.807) is 0 Å². The van der Waals surface area contributed by atoms with Crippen LogP contribution in [0, 0.1) is 5.92 Å². The van der Waals surface area contributed by atoms with Gasteiger partial charge in [0.15, 0.2) is 0 Å². The lowest BCUT2D eigenvalue weighted by Crippen LogP contribution is -2.26. The molecule has 0 radical (unpaired) electrons. The number of benzene rings is 1. The first kappa shape index (κ1) is 12.3. The van der Waals surface area contributed by atoms with Crippen LogP contribution in [0.4, 0.5) is 5.69 Å². The van der Waals surface area contributed by atoms with Gasteiger partial charge in [0.1, 0.15) is 0 Å². The van der Waals surface area contributed by atoms with Crippen molar-refractivity contribution in [3.63, 3.8) is 0 Å². The zero-order valence-electron chi connectivity index (χ0n) is 9.47. The molecule has 0 bridgehead atoms. The molecule has 2 rings (SSSR count). The van der Waals surface area contributed by atoms with Gasteiger partial charge in [-0.25, -0.2) is 0 Å². The predicted molar refractivity (Wildman–Crippen MR) is 74.2 cm³/mol. The quantitative estimate of drug-likeness (QED) is 0.802. The number of hydrogen-bond donors (Lipinski definition) is 1. The number of anilines is 1. The third-order valence-electron chi connectivity index (χ3n) is 3.23. The smallest absolute Gasteiger partial charge is 0.0568 e. The average Bonchev–Trinajstić information content (AvgIpc) is 2.24. The maximum absolute atomic E-state index is 6.07. The van der Waals surface area contributed by atoms with Crippen molar-refractivity contribution in [2.45, 2.75) is 38.6 Å². The van der Waals surface area contributed by atoms with Crippen LogP contribution in [-0.2, 0) is 0 Å². The zero-order valence-corrected chi connectivity index (χ0v) is 11.8. The van der Waals surface area contributed by atoms with Gasteiger partial charge < -0.3 is 5.32 Å². The Bertz CT molecular complexity index is 367. The summed E-state index contributed by atoms with van der Waals surface area (Å²) in [6.07, 6.45) is 5.26. The summed E-state index contributed by atoms with van der Waals surface area (Å²) in [5, 5.41) is 4.35. The Morgan fingerprint density at radius 2 is 2.19 bits per heavy atom. The largest absolute Gasteiger partial charge is 0.382 e. The van der Waals surface area contributed by atoms with Gasteiger partial charge in [-0.15, -0.1) is 0 Å². The molecular formula is C13H17BrClN. The van der Waals surface area contributed by atoms with Gasteiger partial charge in [0.25, 0.3) is 0 Å². The molecule has 0 heterocycles. The van der Waals surface area contributed by atoms with Crippen molar-refractivity contribution in [2.24, 2.45) is 5.92 Å². The Balaban J connectivity index is 2.00. The third kappa shape index (κ3) is 3.14. The van der Waals surface area contributed by atoms with Gasteiger partial charge >= 0.3 is 0 Å². The molecule has 1 aliphatic rings. The molecule has 0 saturated heterocycles. The molecule has 0 spiro atoms. The minimum Gasteiger partial charge on any atom is -0.382 e. The van der Waals surface area contributed by atoms with E-state index in [1.165, 1.54) is 25.7 Å². The van der Waals surface area contributed by atoms with E-state index in [2.05, 4.69) is 34.2 Å². The molecule has 1 aromatic rings. The van der Waals surface area contributed by atoms with Gasteiger partial charge in [-0.2, -0.15) is 0 Å². The van der Waals surface area contributed by atoms with Crippen LogP contribution in [-0.4, -0.2) is 6.04 Å². The van der Waals surface area contributed by atoms with Crippen LogP contribution in [0.2, 0.25) is 5.02 Å². The van der Waals surface area contributed by atoms with Crippen molar-refractivity contribution in [2.75, 3.05) is 5.32 Å². The van der Waals surface area contributed by atoms with Gasteiger partial charge in [-0.05, 0) is 52.9 Å². The standard InChI is InChI=1S/C13H17BrClN/c1-9-3-2-4-10(7-9)16-11-5-6-12(14)13(15)8-11/h5-6,8-10,16H,2-4,7H2,1H3. The molecule has 16 heavy (non-hydrogen) atoms. The molecule has 2 atom stereocenters. The molecule has 88 valence electrons. The highest BCUT2D eigenvalue weighted by Crippen LogP contribution is 2.29. The molecule has 1 N–H and O–H groups in total. The Morgan fingerprint density at radius 3 is 2.88 bits per heavy atom. The average molecular weight is 303 g/mol. The first-order valence-corrected chi connectivity index (χ1v) is 7.04. The minimum atomic E-state index is 0.612. The van der Waals surface area contributed by atoms with E-state index in [0.717, 1.165) is 21.1 Å². The van der Waals surface area contributed by atoms with E-state index in [4.69, 9.17) is 11.6 Å². The topological polar surface area (TPSA) is 12.0 Å². The Morgan fingerprint density at radius 1 is 1.38 bits per heavy atom. The molecule has 2 unspecified atom stereocenters. The van der Waals surface area contributed by atoms with Gasteiger partial charge in [0.2, 0.25) is 0 Å². The van der Waals surface area contributed by atoms with E-state index >= 15 is 0 Å². The SMILES string of the molecule is CC1CCCC(Nc2ccc(Br)c(Cl)c2)C1. The summed E-state index contributed by atoms with van der Waals surface area (Å²) in [4.78, 5) is 0. The maximum Gasteiger partial charge on any atom is 0.0568 e. The lowest BCUT2D eigenvalue weighted by Gasteiger charge is -2.28. The van der Waals surface area contributed by atoms with Crippen molar-refractivity contribution < 1.29 is 0 Å². The van der Waals surface area contributed by atoms with Crippen molar-refractivity contribution in [3.05, 3.63) is 27.7 Å². The van der Waals surface area contributed by atoms with E-state index in [-0.39, 0.29) is 0 Å². The molecule has 1 nitrogen and oxygen atoms in total. The van der Waals surface area contributed by atoms with E-state index in [9.17, 15) is 0 Å².